The van der Waals surface area contributed by atoms with E-state index in [4.69, 9.17) is 32.7 Å². The summed E-state index contributed by atoms with van der Waals surface area (Å²) in [6.45, 7) is 7.92. The minimum Gasteiger partial charge on any atom is -0.462 e. The number of ether oxygens (including phenoxy) is 2. The highest BCUT2D eigenvalue weighted by atomic mass is 35.5. The normalized spacial score (nSPS) is 11.2. The second-order valence-corrected chi connectivity index (χ2v) is 12.4. The van der Waals surface area contributed by atoms with Crippen molar-refractivity contribution in [1.29, 1.82) is 0 Å². The molecule has 0 N–H and O–H groups in total. The van der Waals surface area contributed by atoms with E-state index in [9.17, 15) is 9.59 Å². The quantitative estimate of drug-likeness (QED) is 0.154. The lowest BCUT2D eigenvalue weighted by Crippen LogP contribution is -2.06. The van der Waals surface area contributed by atoms with Crippen LogP contribution in [0.15, 0.2) is 84.9 Å². The minimum atomic E-state index is -0.379. The Morgan fingerprint density at radius 2 is 1.08 bits per heavy atom. The second kappa shape index (κ2) is 14.3. The number of carbonyl (C=O) groups excluding carboxylic acids is 2. The molecule has 0 aliphatic heterocycles. The maximum absolute atomic E-state index is 12.1. The third-order valence-corrected chi connectivity index (χ3v) is 8.89. The summed E-state index contributed by atoms with van der Waals surface area (Å²) in [4.78, 5) is 33.3. The van der Waals surface area contributed by atoms with Gasteiger partial charge in [0.25, 0.3) is 0 Å². The molecule has 260 valence electrons. The maximum Gasteiger partial charge on any atom is 0.338 e. The van der Waals surface area contributed by atoms with Gasteiger partial charge in [0, 0.05) is 11.1 Å². The fraction of sp³-hybridized carbons (Fsp3) is 0.158. The highest BCUT2D eigenvalue weighted by Gasteiger charge is 2.19. The van der Waals surface area contributed by atoms with Gasteiger partial charge in [-0.25, -0.2) is 19.6 Å². The summed E-state index contributed by atoms with van der Waals surface area (Å²) in [7, 11) is 0. The van der Waals surface area contributed by atoms with Gasteiger partial charge in [-0.15, -0.1) is 20.4 Å². The Kier molecular flexibility index (Phi) is 9.50. The van der Waals surface area contributed by atoms with Crippen molar-refractivity contribution < 1.29 is 19.1 Å². The molecule has 0 saturated heterocycles. The van der Waals surface area contributed by atoms with Gasteiger partial charge in [0.2, 0.25) is 0 Å². The molecule has 0 spiro atoms. The average molecular weight is 734 g/mol. The van der Waals surface area contributed by atoms with Crippen LogP contribution in [0.2, 0.25) is 10.0 Å². The first-order chi connectivity index (χ1) is 25.2. The van der Waals surface area contributed by atoms with E-state index in [1.807, 2.05) is 71.2 Å². The summed E-state index contributed by atoms with van der Waals surface area (Å²) >= 11 is 12.7. The van der Waals surface area contributed by atoms with Crippen molar-refractivity contribution in [2.45, 2.75) is 27.7 Å². The van der Waals surface area contributed by atoms with Gasteiger partial charge in [0.1, 0.15) is 0 Å². The van der Waals surface area contributed by atoms with Gasteiger partial charge in [-0.05, 0) is 88.4 Å². The van der Waals surface area contributed by atoms with Crippen LogP contribution in [0.5, 0.6) is 0 Å². The third kappa shape index (κ3) is 6.27. The molecule has 0 saturated carbocycles. The van der Waals surface area contributed by atoms with Crippen LogP contribution in [0.25, 0.3) is 56.1 Å². The van der Waals surface area contributed by atoms with Crippen molar-refractivity contribution in [2.24, 2.45) is 0 Å². The van der Waals surface area contributed by atoms with Crippen molar-refractivity contribution in [3.8, 4) is 22.8 Å². The van der Waals surface area contributed by atoms with Gasteiger partial charge < -0.3 is 9.47 Å². The van der Waals surface area contributed by atoms with Crippen LogP contribution in [0.1, 0.15) is 46.0 Å². The number of fused-ring (bicyclic) bond motifs is 6. The Morgan fingerprint density at radius 1 is 0.596 bits per heavy atom. The first-order valence-corrected chi connectivity index (χ1v) is 17.1. The highest BCUT2D eigenvalue weighted by molar-refractivity contribution is 6.33. The number of hydrogen-bond acceptors (Lipinski definition) is 10. The topological polar surface area (TPSA) is 139 Å². The largest absolute Gasteiger partial charge is 0.462 e. The van der Waals surface area contributed by atoms with E-state index in [1.165, 1.54) is 0 Å². The summed E-state index contributed by atoms with van der Waals surface area (Å²) < 4.78 is 14.0. The fourth-order valence-corrected chi connectivity index (χ4v) is 6.31. The molecule has 8 aromatic rings. The van der Waals surface area contributed by atoms with E-state index < -0.39 is 0 Å². The Bertz CT molecular complexity index is 2670. The predicted octanol–water partition coefficient (Wildman–Crippen LogP) is 8.17. The summed E-state index contributed by atoms with van der Waals surface area (Å²) in [5.41, 5.74) is 8.07. The first kappa shape index (κ1) is 34.5. The van der Waals surface area contributed by atoms with Crippen LogP contribution in [0.4, 0.5) is 0 Å². The van der Waals surface area contributed by atoms with E-state index in [2.05, 4.69) is 30.4 Å². The molecule has 52 heavy (non-hydrogen) atoms. The molecule has 0 atom stereocenters. The van der Waals surface area contributed by atoms with Gasteiger partial charge in [0.05, 0.1) is 67.8 Å². The number of nitrogens with zero attached hydrogens (tertiary/aromatic N) is 8. The number of carbonyl (C=O) groups is 2. The van der Waals surface area contributed by atoms with Crippen molar-refractivity contribution in [1.82, 2.24) is 39.2 Å². The summed E-state index contributed by atoms with van der Waals surface area (Å²) in [5.74, 6) is 0.478. The Labute approximate surface area is 307 Å². The van der Waals surface area contributed by atoms with Gasteiger partial charge in [-0.2, -0.15) is 0 Å². The van der Waals surface area contributed by atoms with Crippen LogP contribution in [-0.4, -0.2) is 64.3 Å². The standard InChI is InChI=1S/2C19H15ClN4O2/c1-3-26-19(25)12-8-9-16-15(10-12)21-11(2)17-22-23-18(24(16)17)13-6-4-5-7-14(13)20;1-3-26-19(25)12-8-9-15-16(10-12)24-17(11(2)21-15)22-23-18(24)13-6-4-5-7-14(13)20/h2*4-10H,3H2,1-2H3. The lowest BCUT2D eigenvalue weighted by molar-refractivity contribution is 0.0517. The molecule has 0 radical (unpaired) electrons. The van der Waals surface area contributed by atoms with E-state index in [0.717, 1.165) is 33.4 Å². The van der Waals surface area contributed by atoms with Crippen molar-refractivity contribution in [3.05, 3.63) is 117 Å². The van der Waals surface area contributed by atoms with E-state index in [1.54, 1.807) is 50.2 Å². The highest BCUT2D eigenvalue weighted by Crippen LogP contribution is 2.31. The lowest BCUT2D eigenvalue weighted by atomic mass is 10.1. The molecule has 0 aliphatic rings. The molecule has 4 heterocycles. The number of rotatable bonds is 6. The zero-order valence-corrected chi connectivity index (χ0v) is 30.0. The molecule has 4 aromatic carbocycles. The zero-order chi connectivity index (χ0) is 36.5. The first-order valence-electron chi connectivity index (χ1n) is 16.3. The van der Waals surface area contributed by atoms with Crippen molar-refractivity contribution >= 4 is 68.5 Å². The second-order valence-electron chi connectivity index (χ2n) is 11.6. The SMILES string of the molecule is CCOC(=O)c1ccc2c(c1)nc(C)c1nnc(-c3ccccc3Cl)n12.CCOC(=O)c1ccc2nc(C)c3nnc(-c4ccccc4Cl)n3c2c1. The molecule has 4 aromatic heterocycles. The number of hydrogen-bond donors (Lipinski definition) is 0. The molecule has 0 bridgehead atoms. The molecule has 14 heteroatoms. The summed E-state index contributed by atoms with van der Waals surface area (Å²) in [6.07, 6.45) is 0. The van der Waals surface area contributed by atoms with Crippen molar-refractivity contribution in [2.75, 3.05) is 13.2 Å². The molecule has 0 amide bonds. The molecule has 8 rings (SSSR count). The van der Waals surface area contributed by atoms with Crippen LogP contribution in [-0.2, 0) is 9.47 Å². The van der Waals surface area contributed by atoms with Crippen LogP contribution in [0, 0.1) is 13.8 Å². The Balaban J connectivity index is 0.000000162. The predicted molar refractivity (Wildman–Crippen MR) is 199 cm³/mol. The maximum atomic E-state index is 12.1. The minimum absolute atomic E-state index is 0.315. The number of esters is 2. The smallest absolute Gasteiger partial charge is 0.338 e. The Morgan fingerprint density at radius 3 is 1.62 bits per heavy atom. The molecular weight excluding hydrogens is 703 g/mol. The van der Waals surface area contributed by atoms with Gasteiger partial charge in [0.15, 0.2) is 22.9 Å². The van der Waals surface area contributed by atoms with Crippen molar-refractivity contribution in [3.63, 3.8) is 0 Å². The molecule has 0 aliphatic carbocycles. The van der Waals surface area contributed by atoms with Crippen LogP contribution >= 0.6 is 23.2 Å². The number of aryl methyl sites for hydroxylation is 2. The van der Waals surface area contributed by atoms with E-state index >= 15 is 0 Å². The lowest BCUT2D eigenvalue weighted by Gasteiger charge is -2.09. The molecular formula is C38H30Cl2N8O4. The summed E-state index contributed by atoms with van der Waals surface area (Å²) in [5, 5.41) is 18.4. The summed E-state index contributed by atoms with van der Waals surface area (Å²) in [6, 6.07) is 25.4. The monoisotopic (exact) mass is 732 g/mol. The Hall–Kier alpha value is -5.98. The van der Waals surface area contributed by atoms with Crippen LogP contribution < -0.4 is 0 Å². The van der Waals surface area contributed by atoms with Gasteiger partial charge in [-0.3, -0.25) is 8.80 Å². The number of halogens is 2. The van der Waals surface area contributed by atoms with E-state index in [0.29, 0.717) is 68.5 Å². The zero-order valence-electron chi connectivity index (χ0n) is 28.5. The van der Waals surface area contributed by atoms with Gasteiger partial charge >= 0.3 is 11.9 Å². The van der Waals surface area contributed by atoms with Crippen LogP contribution in [0.3, 0.4) is 0 Å². The number of aromatic nitrogens is 8. The molecule has 12 nitrogen and oxygen atoms in total. The molecule has 0 unspecified atom stereocenters. The molecule has 0 fully saturated rings. The average Bonchev–Trinajstić information content (AvgIpc) is 3.79. The third-order valence-electron chi connectivity index (χ3n) is 8.23. The number of benzene rings is 4. The van der Waals surface area contributed by atoms with E-state index in [-0.39, 0.29) is 11.9 Å². The fourth-order valence-electron chi connectivity index (χ4n) is 5.87. The van der Waals surface area contributed by atoms with Gasteiger partial charge in [-0.1, -0.05) is 47.5 Å².